The summed E-state index contributed by atoms with van der Waals surface area (Å²) in [4.78, 5) is 48.4. The fourth-order valence-electron chi connectivity index (χ4n) is 3.95. The lowest BCUT2D eigenvalue weighted by molar-refractivity contribution is -0.124. The molecule has 0 radical (unpaired) electrons. The fourth-order valence-corrected chi connectivity index (χ4v) is 4.95. The Morgan fingerprint density at radius 1 is 1.28 bits per heavy atom. The number of para-hydroxylation sites is 1. The van der Waals surface area contributed by atoms with Crippen molar-refractivity contribution in [3.05, 3.63) is 46.5 Å². The van der Waals surface area contributed by atoms with E-state index in [2.05, 4.69) is 20.6 Å². The van der Waals surface area contributed by atoms with Crippen molar-refractivity contribution < 1.29 is 9.59 Å². The highest BCUT2D eigenvalue weighted by molar-refractivity contribution is 7.22. The van der Waals surface area contributed by atoms with Crippen molar-refractivity contribution in [3.63, 3.8) is 0 Å². The summed E-state index contributed by atoms with van der Waals surface area (Å²) in [6.07, 6.45) is 3.88. The summed E-state index contributed by atoms with van der Waals surface area (Å²) in [7, 11) is 1.64. The molecule has 1 saturated heterocycles. The second kappa shape index (κ2) is 9.47. The highest BCUT2D eigenvalue weighted by Crippen LogP contribution is 2.29. The molecule has 3 aromatic rings. The number of nitrogens with zero attached hydrogens (tertiary/aromatic N) is 4. The van der Waals surface area contributed by atoms with Crippen LogP contribution in [-0.4, -0.2) is 46.5 Å². The standard InChI is InChI=1S/C22H26N6O3S/c1-3-14-7-4-5-9-16(14)25-17(29)12-28-13-24-19-18(21(28)31)32-22(26-19)27-10-6-8-15(11-27)20(30)23-2/h4-5,7,9,13,15H,3,6,8,10-12H2,1-2H3,(H,23,30)(H,25,29). The molecule has 10 heteroatoms. The van der Waals surface area contributed by atoms with Crippen molar-refractivity contribution in [1.82, 2.24) is 19.9 Å². The minimum atomic E-state index is -0.294. The molecule has 32 heavy (non-hydrogen) atoms. The molecular formula is C22H26N6O3S. The van der Waals surface area contributed by atoms with Crippen LogP contribution in [0.15, 0.2) is 35.4 Å². The van der Waals surface area contributed by atoms with Crippen LogP contribution in [0.4, 0.5) is 10.8 Å². The third-order valence-electron chi connectivity index (χ3n) is 5.67. The quantitative estimate of drug-likeness (QED) is 0.590. The lowest BCUT2D eigenvalue weighted by atomic mass is 9.98. The summed E-state index contributed by atoms with van der Waals surface area (Å²) < 4.78 is 1.71. The van der Waals surface area contributed by atoms with Gasteiger partial charge in [0.1, 0.15) is 17.6 Å². The Balaban J connectivity index is 1.52. The Morgan fingerprint density at radius 2 is 2.09 bits per heavy atom. The Bertz CT molecular complexity index is 1200. The Labute approximate surface area is 189 Å². The number of piperidine rings is 1. The molecule has 0 aliphatic carbocycles. The first kappa shape index (κ1) is 21.9. The van der Waals surface area contributed by atoms with Crippen molar-refractivity contribution in [2.24, 2.45) is 5.92 Å². The average molecular weight is 455 g/mol. The van der Waals surface area contributed by atoms with Gasteiger partial charge < -0.3 is 15.5 Å². The van der Waals surface area contributed by atoms with Gasteiger partial charge in [-0.1, -0.05) is 36.5 Å². The molecule has 2 N–H and O–H groups in total. The van der Waals surface area contributed by atoms with Crippen LogP contribution in [0.1, 0.15) is 25.3 Å². The normalized spacial score (nSPS) is 16.2. The molecule has 1 aromatic carbocycles. The minimum Gasteiger partial charge on any atom is -0.359 e. The Hall–Kier alpha value is -3.27. The van der Waals surface area contributed by atoms with Crippen LogP contribution in [0, 0.1) is 5.92 Å². The van der Waals surface area contributed by atoms with E-state index in [4.69, 9.17) is 0 Å². The molecule has 2 amide bonds. The van der Waals surface area contributed by atoms with E-state index in [9.17, 15) is 14.4 Å². The maximum Gasteiger partial charge on any atom is 0.273 e. The Morgan fingerprint density at radius 3 is 2.88 bits per heavy atom. The van der Waals surface area contributed by atoms with E-state index in [1.165, 1.54) is 22.2 Å². The van der Waals surface area contributed by atoms with E-state index < -0.39 is 0 Å². The number of carbonyl (C=O) groups is 2. The van der Waals surface area contributed by atoms with Crippen LogP contribution in [0.3, 0.4) is 0 Å². The SMILES string of the molecule is CCc1ccccc1NC(=O)Cn1cnc2nc(N3CCCC(C(=O)NC)C3)sc2c1=O. The predicted molar refractivity (Wildman–Crippen MR) is 125 cm³/mol. The van der Waals surface area contributed by atoms with Crippen LogP contribution in [0.5, 0.6) is 0 Å². The fraction of sp³-hybridized carbons (Fsp3) is 0.409. The topological polar surface area (TPSA) is 109 Å². The summed E-state index contributed by atoms with van der Waals surface area (Å²) in [5, 5.41) is 6.26. The largest absolute Gasteiger partial charge is 0.359 e. The number of thiazole rings is 1. The third kappa shape index (κ3) is 4.50. The molecule has 3 heterocycles. The second-order valence-electron chi connectivity index (χ2n) is 7.79. The van der Waals surface area contributed by atoms with Crippen LogP contribution < -0.4 is 21.1 Å². The van der Waals surface area contributed by atoms with Gasteiger partial charge in [-0.15, -0.1) is 0 Å². The van der Waals surface area contributed by atoms with Gasteiger partial charge in [0.2, 0.25) is 11.8 Å². The van der Waals surface area contributed by atoms with Gasteiger partial charge in [-0.25, -0.2) is 4.98 Å². The second-order valence-corrected chi connectivity index (χ2v) is 8.76. The molecule has 1 unspecified atom stereocenters. The third-order valence-corrected chi connectivity index (χ3v) is 6.76. The van der Waals surface area contributed by atoms with Gasteiger partial charge in [-0.05, 0) is 30.9 Å². The van der Waals surface area contributed by atoms with E-state index in [0.29, 0.717) is 22.0 Å². The van der Waals surface area contributed by atoms with E-state index in [0.717, 1.165) is 37.1 Å². The van der Waals surface area contributed by atoms with Gasteiger partial charge in [0.25, 0.3) is 5.56 Å². The number of aryl methyl sites for hydroxylation is 1. The molecule has 0 saturated carbocycles. The van der Waals surface area contributed by atoms with E-state index in [1.54, 1.807) is 7.05 Å². The van der Waals surface area contributed by atoms with Gasteiger partial charge >= 0.3 is 0 Å². The molecule has 1 fully saturated rings. The van der Waals surface area contributed by atoms with E-state index in [-0.39, 0.29) is 29.8 Å². The number of fused-ring (bicyclic) bond motifs is 1. The molecule has 168 valence electrons. The zero-order valence-electron chi connectivity index (χ0n) is 18.1. The average Bonchev–Trinajstić information content (AvgIpc) is 3.26. The van der Waals surface area contributed by atoms with Crippen molar-refractivity contribution in [2.45, 2.75) is 32.7 Å². The van der Waals surface area contributed by atoms with Crippen LogP contribution >= 0.6 is 11.3 Å². The molecule has 2 aromatic heterocycles. The molecule has 0 bridgehead atoms. The maximum absolute atomic E-state index is 13.0. The van der Waals surface area contributed by atoms with E-state index in [1.807, 2.05) is 36.1 Å². The summed E-state index contributed by atoms with van der Waals surface area (Å²) in [6.45, 7) is 3.23. The molecule has 4 rings (SSSR count). The number of aromatic nitrogens is 3. The van der Waals surface area contributed by atoms with Gasteiger partial charge in [-0.2, -0.15) is 4.98 Å². The van der Waals surface area contributed by atoms with Crippen molar-refractivity contribution in [3.8, 4) is 0 Å². The summed E-state index contributed by atoms with van der Waals surface area (Å²) in [5.41, 5.74) is 1.85. The highest BCUT2D eigenvalue weighted by Gasteiger charge is 2.27. The monoisotopic (exact) mass is 454 g/mol. The molecule has 9 nitrogen and oxygen atoms in total. The van der Waals surface area contributed by atoms with Crippen LogP contribution in [0.25, 0.3) is 10.3 Å². The molecule has 1 atom stereocenters. The summed E-state index contributed by atoms with van der Waals surface area (Å²) in [5.74, 6) is -0.365. The van der Waals surface area contributed by atoms with E-state index >= 15 is 0 Å². The Kier molecular flexibility index (Phi) is 6.50. The van der Waals surface area contributed by atoms with Crippen LogP contribution in [-0.2, 0) is 22.6 Å². The van der Waals surface area contributed by atoms with Crippen molar-refractivity contribution in [1.29, 1.82) is 0 Å². The first-order chi connectivity index (χ1) is 15.5. The predicted octanol–water partition coefficient (Wildman–Crippen LogP) is 2.02. The lowest BCUT2D eigenvalue weighted by Gasteiger charge is -2.31. The lowest BCUT2D eigenvalue weighted by Crippen LogP contribution is -2.42. The van der Waals surface area contributed by atoms with Gasteiger partial charge in [0, 0.05) is 25.8 Å². The van der Waals surface area contributed by atoms with Crippen molar-refractivity contribution >= 4 is 44.3 Å². The smallest absolute Gasteiger partial charge is 0.273 e. The summed E-state index contributed by atoms with van der Waals surface area (Å²) >= 11 is 1.26. The first-order valence-corrected chi connectivity index (χ1v) is 11.5. The molecule has 0 spiro atoms. The number of anilines is 2. The number of carbonyl (C=O) groups excluding carboxylic acids is 2. The van der Waals surface area contributed by atoms with Gasteiger partial charge in [0.05, 0.1) is 5.92 Å². The highest BCUT2D eigenvalue weighted by atomic mass is 32.1. The van der Waals surface area contributed by atoms with Gasteiger partial charge in [-0.3, -0.25) is 19.0 Å². The zero-order valence-corrected chi connectivity index (χ0v) is 18.9. The number of hydrogen-bond acceptors (Lipinski definition) is 7. The number of hydrogen-bond donors (Lipinski definition) is 2. The number of benzene rings is 1. The van der Waals surface area contributed by atoms with Crippen LogP contribution in [0.2, 0.25) is 0 Å². The zero-order chi connectivity index (χ0) is 22.7. The first-order valence-electron chi connectivity index (χ1n) is 10.7. The minimum absolute atomic E-state index is 0.0203. The van der Waals surface area contributed by atoms with Gasteiger partial charge in [0.15, 0.2) is 10.8 Å². The molecular weight excluding hydrogens is 428 g/mol. The number of rotatable bonds is 6. The molecule has 1 aliphatic rings. The maximum atomic E-state index is 13.0. The number of nitrogens with one attached hydrogen (secondary N) is 2. The summed E-state index contributed by atoms with van der Waals surface area (Å²) in [6, 6.07) is 7.60. The number of amides is 2. The molecule has 1 aliphatic heterocycles. The van der Waals surface area contributed by atoms with Crippen molar-refractivity contribution in [2.75, 3.05) is 30.4 Å².